The maximum Gasteiger partial charge on any atom is 0.246 e. The van der Waals surface area contributed by atoms with E-state index in [1.54, 1.807) is 0 Å². The highest BCUT2D eigenvalue weighted by molar-refractivity contribution is 7.89. The van der Waals surface area contributed by atoms with Crippen LogP contribution in [0.1, 0.15) is 6.42 Å². The van der Waals surface area contributed by atoms with Crippen molar-refractivity contribution >= 4 is 21.6 Å². The first kappa shape index (κ1) is 18.7. The molecule has 0 radical (unpaired) electrons. The number of aliphatic hydroxyl groups is 1. The molecular formula is C16H22ClNO6S. The van der Waals surface area contributed by atoms with E-state index < -0.39 is 15.4 Å². The number of benzene rings is 1. The molecule has 0 amide bonds. The largest absolute Gasteiger partial charge is 0.495 e. The van der Waals surface area contributed by atoms with Gasteiger partial charge in [0.15, 0.2) is 0 Å². The molecule has 0 spiro atoms. The summed E-state index contributed by atoms with van der Waals surface area (Å²) in [4.78, 5) is 0.00362. The highest BCUT2D eigenvalue weighted by Crippen LogP contribution is 2.44. The summed E-state index contributed by atoms with van der Waals surface area (Å²) >= 11 is 6.07. The number of aliphatic hydroxyl groups excluding tert-OH is 1. The van der Waals surface area contributed by atoms with Crippen LogP contribution in [0.2, 0.25) is 5.02 Å². The highest BCUT2D eigenvalue weighted by Gasteiger charge is 2.51. The van der Waals surface area contributed by atoms with Crippen molar-refractivity contribution in [2.75, 3.05) is 47.1 Å². The lowest BCUT2D eigenvalue weighted by atomic mass is 9.76. The average molecular weight is 392 g/mol. The molecule has 0 aromatic heterocycles. The molecule has 2 atom stereocenters. The Morgan fingerprint density at radius 2 is 2.08 bits per heavy atom. The number of methoxy groups -OCH3 is 2. The molecule has 3 rings (SSSR count). The monoisotopic (exact) mass is 391 g/mol. The van der Waals surface area contributed by atoms with Crippen molar-refractivity contribution < 1.29 is 27.7 Å². The smallest absolute Gasteiger partial charge is 0.246 e. The number of hydrogen-bond acceptors (Lipinski definition) is 6. The summed E-state index contributed by atoms with van der Waals surface area (Å²) in [5, 5.41) is 10.1. The minimum absolute atomic E-state index is 0.00362. The van der Waals surface area contributed by atoms with Crippen molar-refractivity contribution in [3.05, 3.63) is 17.2 Å². The third kappa shape index (κ3) is 3.10. The number of nitrogens with zero attached hydrogens (tertiary/aromatic N) is 1. The molecule has 0 saturated carbocycles. The summed E-state index contributed by atoms with van der Waals surface area (Å²) in [5.41, 5.74) is -0.547. The lowest BCUT2D eigenvalue weighted by Crippen LogP contribution is -2.43. The number of fused-ring (bicyclic) bond motifs is 1. The van der Waals surface area contributed by atoms with Crippen molar-refractivity contribution in [3.63, 3.8) is 0 Å². The minimum atomic E-state index is -3.83. The van der Waals surface area contributed by atoms with Gasteiger partial charge < -0.3 is 19.3 Å². The summed E-state index contributed by atoms with van der Waals surface area (Å²) in [5.74, 6) is 0.494. The quantitative estimate of drug-likeness (QED) is 0.816. The van der Waals surface area contributed by atoms with Crippen molar-refractivity contribution in [1.29, 1.82) is 0 Å². The van der Waals surface area contributed by atoms with Crippen LogP contribution in [0.5, 0.6) is 11.5 Å². The van der Waals surface area contributed by atoms with Gasteiger partial charge in [-0.3, -0.25) is 0 Å². The van der Waals surface area contributed by atoms with Gasteiger partial charge in [-0.15, -0.1) is 0 Å². The second kappa shape index (κ2) is 6.92. The Morgan fingerprint density at radius 3 is 2.68 bits per heavy atom. The molecule has 0 aliphatic carbocycles. The predicted molar refractivity (Wildman–Crippen MR) is 91.8 cm³/mol. The van der Waals surface area contributed by atoms with Crippen LogP contribution in [-0.2, 0) is 14.8 Å². The van der Waals surface area contributed by atoms with Crippen molar-refractivity contribution in [2.24, 2.45) is 11.3 Å². The third-order valence-corrected chi connectivity index (χ3v) is 7.28. The van der Waals surface area contributed by atoms with Gasteiger partial charge in [-0.25, -0.2) is 8.42 Å². The van der Waals surface area contributed by atoms with E-state index in [0.717, 1.165) is 6.42 Å². The number of ether oxygens (including phenoxy) is 3. The summed E-state index contributed by atoms with van der Waals surface area (Å²) in [6.45, 7) is 1.40. The third-order valence-electron chi connectivity index (χ3n) is 5.15. The van der Waals surface area contributed by atoms with Gasteiger partial charge in [-0.1, -0.05) is 11.6 Å². The van der Waals surface area contributed by atoms with Crippen molar-refractivity contribution in [2.45, 2.75) is 11.3 Å². The van der Waals surface area contributed by atoms with E-state index in [2.05, 4.69) is 0 Å². The van der Waals surface area contributed by atoms with Crippen molar-refractivity contribution in [3.8, 4) is 11.5 Å². The second-order valence-corrected chi connectivity index (χ2v) is 8.81. The van der Waals surface area contributed by atoms with Gasteiger partial charge in [0.05, 0.1) is 32.5 Å². The minimum Gasteiger partial charge on any atom is -0.495 e. The fraction of sp³-hybridized carbons (Fsp3) is 0.625. The van der Waals surface area contributed by atoms with Crippen LogP contribution < -0.4 is 9.47 Å². The van der Waals surface area contributed by atoms with Gasteiger partial charge in [-0.05, 0) is 12.3 Å². The Morgan fingerprint density at radius 1 is 1.36 bits per heavy atom. The van der Waals surface area contributed by atoms with E-state index >= 15 is 0 Å². The van der Waals surface area contributed by atoms with E-state index in [4.69, 9.17) is 25.8 Å². The van der Waals surface area contributed by atoms with E-state index in [-0.39, 0.29) is 40.5 Å². The van der Waals surface area contributed by atoms with Gasteiger partial charge >= 0.3 is 0 Å². The molecular weight excluding hydrogens is 370 g/mol. The molecule has 2 fully saturated rings. The molecule has 0 unspecified atom stereocenters. The maximum atomic E-state index is 13.2. The van der Waals surface area contributed by atoms with Gasteiger partial charge in [0.25, 0.3) is 0 Å². The summed E-state index contributed by atoms with van der Waals surface area (Å²) in [6, 6.07) is 2.81. The fourth-order valence-corrected chi connectivity index (χ4v) is 5.59. The molecule has 1 aromatic rings. The van der Waals surface area contributed by atoms with E-state index in [0.29, 0.717) is 19.8 Å². The first-order chi connectivity index (χ1) is 11.9. The molecule has 2 aliphatic rings. The maximum absolute atomic E-state index is 13.2. The van der Waals surface area contributed by atoms with E-state index in [1.165, 1.54) is 30.7 Å². The highest BCUT2D eigenvalue weighted by atomic mass is 35.5. The number of rotatable bonds is 5. The number of hydrogen-bond donors (Lipinski definition) is 1. The van der Waals surface area contributed by atoms with Crippen molar-refractivity contribution in [1.82, 2.24) is 4.31 Å². The summed E-state index contributed by atoms with van der Waals surface area (Å²) in [6.07, 6.45) is 0.730. The predicted octanol–water partition coefficient (Wildman–Crippen LogP) is 1.38. The van der Waals surface area contributed by atoms with Crippen LogP contribution in [0, 0.1) is 11.3 Å². The number of halogens is 1. The van der Waals surface area contributed by atoms with Crippen LogP contribution in [-0.4, -0.2) is 65.0 Å². The molecule has 1 N–H and O–H groups in total. The Labute approximate surface area is 152 Å². The molecule has 9 heteroatoms. The van der Waals surface area contributed by atoms with Gasteiger partial charge in [-0.2, -0.15) is 4.31 Å². The molecule has 2 saturated heterocycles. The Balaban J connectivity index is 2.00. The molecule has 1 aromatic carbocycles. The Bertz CT molecular complexity index is 755. The van der Waals surface area contributed by atoms with Crippen LogP contribution in [0.4, 0.5) is 0 Å². The lowest BCUT2D eigenvalue weighted by molar-refractivity contribution is -0.0552. The molecule has 2 aliphatic heterocycles. The summed E-state index contributed by atoms with van der Waals surface area (Å²) < 4.78 is 43.7. The van der Waals surface area contributed by atoms with Gasteiger partial charge in [0.2, 0.25) is 10.0 Å². The molecule has 7 nitrogen and oxygen atoms in total. The van der Waals surface area contributed by atoms with E-state index in [1.807, 2.05) is 0 Å². The zero-order valence-corrected chi connectivity index (χ0v) is 15.8. The van der Waals surface area contributed by atoms with Crippen LogP contribution in [0.3, 0.4) is 0 Å². The van der Waals surface area contributed by atoms with Gasteiger partial charge in [0.1, 0.15) is 16.4 Å². The second-order valence-electron chi connectivity index (χ2n) is 6.49. The normalized spacial score (nSPS) is 27.1. The lowest BCUT2D eigenvalue weighted by Gasteiger charge is -2.36. The Kier molecular flexibility index (Phi) is 5.18. The summed E-state index contributed by atoms with van der Waals surface area (Å²) in [7, 11) is -1.02. The average Bonchev–Trinajstić information content (AvgIpc) is 3.02. The number of sulfonamides is 1. The first-order valence-corrected chi connectivity index (χ1v) is 9.80. The zero-order chi connectivity index (χ0) is 18.2. The first-order valence-electron chi connectivity index (χ1n) is 7.98. The standard InChI is InChI=1S/C16H22ClNO6S/c1-22-13-6-15(14(23-2)5-12(13)17)25(20,21)18-7-11-3-4-24-10-16(11,8-18)9-19/h5-6,11,19H,3-4,7-10H2,1-2H3/t11-,16+/m0/s1. The molecule has 0 bridgehead atoms. The molecule has 25 heavy (non-hydrogen) atoms. The van der Waals surface area contributed by atoms with E-state index in [9.17, 15) is 13.5 Å². The van der Waals surface area contributed by atoms with Crippen LogP contribution >= 0.6 is 11.6 Å². The van der Waals surface area contributed by atoms with Gasteiger partial charge in [0, 0.05) is 37.2 Å². The SMILES string of the molecule is COc1cc(S(=O)(=O)N2C[C@@H]3CCOC[C@]3(CO)C2)c(OC)cc1Cl. The zero-order valence-electron chi connectivity index (χ0n) is 14.2. The molecule has 2 heterocycles. The van der Waals surface area contributed by atoms with Crippen LogP contribution in [0.15, 0.2) is 17.0 Å². The fourth-order valence-electron chi connectivity index (χ4n) is 3.63. The topological polar surface area (TPSA) is 85.3 Å². The molecule has 140 valence electrons. The van der Waals surface area contributed by atoms with Crippen LogP contribution in [0.25, 0.3) is 0 Å². The Hall–Kier alpha value is -1.06.